The Labute approximate surface area is 170 Å². The first-order valence-electron chi connectivity index (χ1n) is 9.64. The van der Waals surface area contributed by atoms with Gasteiger partial charge in [-0.3, -0.25) is 9.59 Å². The highest BCUT2D eigenvalue weighted by molar-refractivity contribution is 6.46. The van der Waals surface area contributed by atoms with Crippen molar-refractivity contribution in [3.05, 3.63) is 71.3 Å². The number of ether oxygens (including phenoxy) is 2. The Kier molecular flexibility index (Phi) is 6.67. The molecule has 1 aliphatic heterocycles. The number of aliphatic hydroxyl groups excluding tert-OH is 1. The van der Waals surface area contributed by atoms with E-state index in [1.54, 1.807) is 24.3 Å². The molecule has 1 fully saturated rings. The van der Waals surface area contributed by atoms with Crippen molar-refractivity contribution in [1.29, 1.82) is 0 Å². The zero-order valence-electron chi connectivity index (χ0n) is 16.6. The number of methoxy groups -OCH3 is 1. The molecule has 2 aromatic rings. The Balaban J connectivity index is 2.08. The molecule has 1 N–H and O–H groups in total. The molecule has 152 valence electrons. The Hall–Kier alpha value is -3.12. The highest BCUT2D eigenvalue weighted by Crippen LogP contribution is 2.39. The van der Waals surface area contributed by atoms with Gasteiger partial charge >= 0.3 is 0 Å². The van der Waals surface area contributed by atoms with E-state index < -0.39 is 17.7 Å². The molecule has 3 rings (SSSR count). The number of Topliss-reactive ketones (excluding diaryl/α,β-unsaturated/α-hetero) is 1. The van der Waals surface area contributed by atoms with E-state index in [0.717, 1.165) is 12.0 Å². The molecule has 1 heterocycles. The van der Waals surface area contributed by atoms with Crippen molar-refractivity contribution in [3.63, 3.8) is 0 Å². The van der Waals surface area contributed by atoms with Gasteiger partial charge < -0.3 is 19.5 Å². The van der Waals surface area contributed by atoms with Gasteiger partial charge in [-0.15, -0.1) is 0 Å². The molecule has 1 atom stereocenters. The minimum absolute atomic E-state index is 0.0740. The molecule has 6 nitrogen and oxygen atoms in total. The van der Waals surface area contributed by atoms with E-state index in [9.17, 15) is 14.7 Å². The van der Waals surface area contributed by atoms with E-state index in [4.69, 9.17) is 9.47 Å². The minimum Gasteiger partial charge on any atom is -0.507 e. The molecule has 1 aliphatic rings. The van der Waals surface area contributed by atoms with Crippen LogP contribution in [0, 0.1) is 0 Å². The number of nitrogens with zero attached hydrogens (tertiary/aromatic N) is 1. The number of amides is 1. The van der Waals surface area contributed by atoms with Crippen LogP contribution in [0.25, 0.3) is 5.76 Å². The molecule has 0 saturated carbocycles. The lowest BCUT2D eigenvalue weighted by atomic mass is 9.95. The second-order valence-electron chi connectivity index (χ2n) is 6.77. The summed E-state index contributed by atoms with van der Waals surface area (Å²) in [6.45, 7) is 3.09. The second kappa shape index (κ2) is 9.39. The molecule has 1 saturated heterocycles. The van der Waals surface area contributed by atoms with Gasteiger partial charge in [-0.1, -0.05) is 49.4 Å². The number of rotatable bonds is 8. The molecule has 29 heavy (non-hydrogen) atoms. The summed E-state index contributed by atoms with van der Waals surface area (Å²) in [5.74, 6) is -0.956. The zero-order valence-corrected chi connectivity index (χ0v) is 16.6. The maximum Gasteiger partial charge on any atom is 0.295 e. The van der Waals surface area contributed by atoms with E-state index in [1.165, 1.54) is 12.0 Å². The first-order chi connectivity index (χ1) is 14.1. The highest BCUT2D eigenvalue weighted by atomic mass is 16.5. The third-order valence-electron chi connectivity index (χ3n) is 4.77. The van der Waals surface area contributed by atoms with Gasteiger partial charge in [0.1, 0.15) is 11.5 Å². The van der Waals surface area contributed by atoms with Crippen molar-refractivity contribution in [3.8, 4) is 5.75 Å². The van der Waals surface area contributed by atoms with Crippen molar-refractivity contribution in [2.75, 3.05) is 26.9 Å². The van der Waals surface area contributed by atoms with Crippen LogP contribution in [0.15, 0.2) is 60.2 Å². The first-order valence-corrected chi connectivity index (χ1v) is 9.64. The number of benzene rings is 2. The van der Waals surface area contributed by atoms with E-state index in [0.29, 0.717) is 17.9 Å². The maximum absolute atomic E-state index is 12.9. The van der Waals surface area contributed by atoms with Gasteiger partial charge in [0, 0.05) is 19.2 Å². The van der Waals surface area contributed by atoms with Crippen LogP contribution in [0.2, 0.25) is 0 Å². The minimum atomic E-state index is -0.702. The fourth-order valence-electron chi connectivity index (χ4n) is 3.39. The van der Waals surface area contributed by atoms with Crippen LogP contribution in [0.5, 0.6) is 5.75 Å². The fraction of sp³-hybridized carbons (Fsp3) is 0.304. The summed E-state index contributed by atoms with van der Waals surface area (Å²) >= 11 is 0. The fourth-order valence-corrected chi connectivity index (χ4v) is 3.39. The quantitative estimate of drug-likeness (QED) is 0.420. The van der Waals surface area contributed by atoms with Gasteiger partial charge in [-0.2, -0.15) is 0 Å². The zero-order chi connectivity index (χ0) is 20.8. The van der Waals surface area contributed by atoms with Crippen LogP contribution in [0.4, 0.5) is 0 Å². The van der Waals surface area contributed by atoms with Crippen molar-refractivity contribution < 1.29 is 24.2 Å². The van der Waals surface area contributed by atoms with Crippen molar-refractivity contribution in [2.45, 2.75) is 19.4 Å². The van der Waals surface area contributed by atoms with Crippen molar-refractivity contribution >= 4 is 17.4 Å². The van der Waals surface area contributed by atoms with Crippen LogP contribution in [0.1, 0.15) is 30.5 Å². The lowest BCUT2D eigenvalue weighted by Crippen LogP contribution is -2.32. The van der Waals surface area contributed by atoms with Crippen LogP contribution >= 0.6 is 0 Å². The SMILES string of the molecule is CCCOc1cccc(/C(O)=C2/C(=O)C(=O)N(CCOC)C2c2ccccc2)c1. The van der Waals surface area contributed by atoms with E-state index >= 15 is 0 Å². The summed E-state index contributed by atoms with van der Waals surface area (Å²) in [6, 6.07) is 15.4. The summed E-state index contributed by atoms with van der Waals surface area (Å²) in [5.41, 5.74) is 1.26. The Morgan fingerprint density at radius 2 is 1.83 bits per heavy atom. The molecule has 0 spiro atoms. The predicted octanol–water partition coefficient (Wildman–Crippen LogP) is 3.54. The standard InChI is InChI=1S/C23H25NO5/c1-3-13-29-18-11-7-10-17(15-18)21(25)19-20(16-8-5-4-6-9-16)24(12-14-28-2)23(27)22(19)26/h4-11,15,20,25H,3,12-14H2,1-2H3/b21-19-. The number of likely N-dealkylation sites (tertiary alicyclic amines) is 1. The van der Waals surface area contributed by atoms with Gasteiger partial charge in [0.15, 0.2) is 0 Å². The van der Waals surface area contributed by atoms with Crippen LogP contribution in [-0.4, -0.2) is 48.6 Å². The average molecular weight is 395 g/mol. The summed E-state index contributed by atoms with van der Waals surface area (Å²) in [6.07, 6.45) is 0.856. The summed E-state index contributed by atoms with van der Waals surface area (Å²) in [7, 11) is 1.54. The molecule has 0 aliphatic carbocycles. The van der Waals surface area contributed by atoms with E-state index in [-0.39, 0.29) is 24.5 Å². The molecule has 0 radical (unpaired) electrons. The predicted molar refractivity (Wildman–Crippen MR) is 110 cm³/mol. The number of aliphatic hydroxyl groups is 1. The van der Waals surface area contributed by atoms with Crippen molar-refractivity contribution in [1.82, 2.24) is 4.90 Å². The summed E-state index contributed by atoms with van der Waals surface area (Å²) in [5, 5.41) is 11.0. The largest absolute Gasteiger partial charge is 0.507 e. The van der Waals surface area contributed by atoms with Crippen LogP contribution < -0.4 is 4.74 Å². The van der Waals surface area contributed by atoms with Gasteiger partial charge in [0.2, 0.25) is 0 Å². The number of hydrogen-bond donors (Lipinski definition) is 1. The topological polar surface area (TPSA) is 76.1 Å². The number of carbonyl (C=O) groups is 2. The van der Waals surface area contributed by atoms with Crippen molar-refractivity contribution in [2.24, 2.45) is 0 Å². The van der Waals surface area contributed by atoms with E-state index in [1.807, 2.05) is 37.3 Å². The first kappa shape index (κ1) is 20.6. The third kappa shape index (κ3) is 4.32. The monoisotopic (exact) mass is 395 g/mol. The molecule has 1 amide bonds. The van der Waals surface area contributed by atoms with Gasteiger partial charge in [-0.05, 0) is 24.1 Å². The smallest absolute Gasteiger partial charge is 0.295 e. The Morgan fingerprint density at radius 3 is 2.52 bits per heavy atom. The molecule has 2 aromatic carbocycles. The number of hydrogen-bond acceptors (Lipinski definition) is 5. The third-order valence-corrected chi connectivity index (χ3v) is 4.77. The van der Waals surface area contributed by atoms with Crippen LogP contribution in [0.3, 0.4) is 0 Å². The lowest BCUT2D eigenvalue weighted by molar-refractivity contribution is -0.140. The van der Waals surface area contributed by atoms with Gasteiger partial charge in [0.25, 0.3) is 11.7 Å². The van der Waals surface area contributed by atoms with Gasteiger partial charge in [-0.25, -0.2) is 0 Å². The van der Waals surface area contributed by atoms with E-state index in [2.05, 4.69) is 0 Å². The molecule has 0 bridgehead atoms. The molecule has 0 aromatic heterocycles. The van der Waals surface area contributed by atoms with Crippen LogP contribution in [-0.2, 0) is 14.3 Å². The van der Waals surface area contributed by atoms with Gasteiger partial charge in [0.05, 0.1) is 24.8 Å². The number of ketones is 1. The summed E-state index contributed by atoms with van der Waals surface area (Å²) in [4.78, 5) is 27.0. The summed E-state index contributed by atoms with van der Waals surface area (Å²) < 4.78 is 10.7. The molecular formula is C23H25NO5. The second-order valence-corrected chi connectivity index (χ2v) is 6.77. The Morgan fingerprint density at radius 1 is 1.07 bits per heavy atom. The molecule has 1 unspecified atom stereocenters. The molecule has 6 heteroatoms. The average Bonchev–Trinajstić information content (AvgIpc) is 3.01. The maximum atomic E-state index is 12.9. The Bertz CT molecular complexity index is 906. The normalized spacial score (nSPS) is 18.3. The highest BCUT2D eigenvalue weighted by Gasteiger charge is 2.45. The lowest BCUT2D eigenvalue weighted by Gasteiger charge is -2.25. The number of carbonyl (C=O) groups excluding carboxylic acids is 2. The molecular weight excluding hydrogens is 370 g/mol.